The minimum absolute atomic E-state index is 0.209. The molecule has 0 aliphatic carbocycles. The van der Waals surface area contributed by atoms with Crippen LogP contribution < -0.4 is 5.32 Å². The van der Waals surface area contributed by atoms with E-state index >= 15 is 0 Å². The standard InChI is InChI=1S/C15H30N2O3S/c1-4-21(18,19)17-8-5-13(6-9-17)16-14-7-10-20-15(11-14)12(2)3/h12-16H,4-11H2,1-3H3. The molecular weight excluding hydrogens is 288 g/mol. The van der Waals surface area contributed by atoms with Crippen LogP contribution in [0.15, 0.2) is 0 Å². The lowest BCUT2D eigenvalue weighted by atomic mass is 9.94. The quantitative estimate of drug-likeness (QED) is 0.836. The van der Waals surface area contributed by atoms with Crippen LogP contribution in [0.5, 0.6) is 0 Å². The summed E-state index contributed by atoms with van der Waals surface area (Å²) in [6.45, 7) is 8.29. The van der Waals surface area contributed by atoms with Crippen molar-refractivity contribution in [3.8, 4) is 0 Å². The minimum atomic E-state index is -3.01. The van der Waals surface area contributed by atoms with Crippen LogP contribution in [0.2, 0.25) is 0 Å². The molecule has 2 aliphatic heterocycles. The highest BCUT2D eigenvalue weighted by molar-refractivity contribution is 7.89. The van der Waals surface area contributed by atoms with Crippen molar-refractivity contribution < 1.29 is 13.2 Å². The lowest BCUT2D eigenvalue weighted by molar-refractivity contribution is -0.0266. The van der Waals surface area contributed by atoms with E-state index in [9.17, 15) is 8.42 Å². The minimum Gasteiger partial charge on any atom is -0.378 e. The molecule has 0 spiro atoms. The molecule has 124 valence electrons. The summed E-state index contributed by atoms with van der Waals surface area (Å²) in [5.41, 5.74) is 0. The van der Waals surface area contributed by atoms with Gasteiger partial charge in [0, 0.05) is 31.8 Å². The summed E-state index contributed by atoms with van der Waals surface area (Å²) in [5.74, 6) is 0.771. The molecule has 2 rings (SSSR count). The van der Waals surface area contributed by atoms with Gasteiger partial charge in [-0.05, 0) is 38.5 Å². The first-order chi connectivity index (χ1) is 9.92. The van der Waals surface area contributed by atoms with Crippen LogP contribution in [0.4, 0.5) is 0 Å². The van der Waals surface area contributed by atoms with Crippen molar-refractivity contribution in [1.82, 2.24) is 9.62 Å². The molecule has 2 aliphatic rings. The molecule has 0 aromatic rings. The third-order valence-electron chi connectivity index (χ3n) is 4.74. The number of hydrogen-bond acceptors (Lipinski definition) is 4. The van der Waals surface area contributed by atoms with E-state index in [1.54, 1.807) is 11.2 Å². The highest BCUT2D eigenvalue weighted by Gasteiger charge is 2.30. The van der Waals surface area contributed by atoms with Crippen molar-refractivity contribution in [1.29, 1.82) is 0 Å². The van der Waals surface area contributed by atoms with Crippen molar-refractivity contribution in [3.05, 3.63) is 0 Å². The number of hydrogen-bond donors (Lipinski definition) is 1. The summed E-state index contributed by atoms with van der Waals surface area (Å²) in [4.78, 5) is 0. The van der Waals surface area contributed by atoms with Gasteiger partial charge in [0.25, 0.3) is 0 Å². The number of ether oxygens (including phenoxy) is 1. The van der Waals surface area contributed by atoms with Crippen molar-refractivity contribution in [3.63, 3.8) is 0 Å². The molecule has 2 atom stereocenters. The molecule has 2 heterocycles. The van der Waals surface area contributed by atoms with Crippen molar-refractivity contribution in [2.45, 2.75) is 64.6 Å². The van der Waals surface area contributed by atoms with E-state index in [0.29, 0.717) is 37.2 Å². The first-order valence-corrected chi connectivity index (χ1v) is 9.88. The molecular formula is C15H30N2O3S. The fraction of sp³-hybridized carbons (Fsp3) is 1.00. The third-order valence-corrected chi connectivity index (χ3v) is 6.62. The average molecular weight is 318 g/mol. The second kappa shape index (κ2) is 7.40. The van der Waals surface area contributed by atoms with Crippen molar-refractivity contribution in [2.75, 3.05) is 25.4 Å². The summed E-state index contributed by atoms with van der Waals surface area (Å²) in [7, 11) is -3.01. The van der Waals surface area contributed by atoms with Gasteiger partial charge in [-0.3, -0.25) is 0 Å². The van der Waals surface area contributed by atoms with Crippen LogP contribution in [0, 0.1) is 5.92 Å². The average Bonchev–Trinajstić information content (AvgIpc) is 2.48. The molecule has 0 aromatic heterocycles. The van der Waals surface area contributed by atoms with Gasteiger partial charge in [-0.15, -0.1) is 0 Å². The molecule has 0 aromatic carbocycles. The normalized spacial score (nSPS) is 29.9. The van der Waals surface area contributed by atoms with E-state index in [4.69, 9.17) is 4.74 Å². The Morgan fingerprint density at radius 3 is 2.43 bits per heavy atom. The number of piperidine rings is 1. The molecule has 0 bridgehead atoms. The van der Waals surface area contributed by atoms with E-state index in [-0.39, 0.29) is 5.75 Å². The monoisotopic (exact) mass is 318 g/mol. The van der Waals surface area contributed by atoms with Crippen LogP contribution >= 0.6 is 0 Å². The zero-order valence-electron chi connectivity index (χ0n) is 13.5. The van der Waals surface area contributed by atoms with Gasteiger partial charge >= 0.3 is 0 Å². The summed E-state index contributed by atoms with van der Waals surface area (Å²) < 4.78 is 31.2. The van der Waals surface area contributed by atoms with E-state index < -0.39 is 10.0 Å². The Bertz CT molecular complexity index is 417. The number of nitrogens with zero attached hydrogens (tertiary/aromatic N) is 1. The molecule has 1 N–H and O–H groups in total. The molecule has 0 amide bonds. The van der Waals surface area contributed by atoms with Gasteiger partial charge in [-0.1, -0.05) is 13.8 Å². The Balaban J connectivity index is 1.78. The predicted molar refractivity (Wildman–Crippen MR) is 84.8 cm³/mol. The van der Waals surface area contributed by atoms with Crippen molar-refractivity contribution in [2.24, 2.45) is 5.92 Å². The second-order valence-corrected chi connectivity index (χ2v) is 8.87. The summed E-state index contributed by atoms with van der Waals surface area (Å²) in [6.07, 6.45) is 4.34. The second-order valence-electron chi connectivity index (χ2n) is 6.62. The molecule has 0 saturated carbocycles. The highest BCUT2D eigenvalue weighted by Crippen LogP contribution is 2.22. The zero-order chi connectivity index (χ0) is 15.5. The van der Waals surface area contributed by atoms with Gasteiger partial charge in [-0.2, -0.15) is 0 Å². The van der Waals surface area contributed by atoms with E-state index in [1.165, 1.54) is 0 Å². The lowest BCUT2D eigenvalue weighted by Crippen LogP contribution is -2.50. The van der Waals surface area contributed by atoms with Gasteiger partial charge in [0.1, 0.15) is 0 Å². The van der Waals surface area contributed by atoms with E-state index in [1.807, 2.05) is 0 Å². The summed E-state index contributed by atoms with van der Waals surface area (Å²) in [5, 5.41) is 3.73. The summed E-state index contributed by atoms with van der Waals surface area (Å²) >= 11 is 0. The maximum atomic E-state index is 11.9. The molecule has 2 fully saturated rings. The fourth-order valence-corrected chi connectivity index (χ4v) is 4.39. The first kappa shape index (κ1) is 17.2. The van der Waals surface area contributed by atoms with Gasteiger partial charge in [0.15, 0.2) is 0 Å². The summed E-state index contributed by atoms with van der Waals surface area (Å²) in [6, 6.07) is 0.967. The molecule has 6 heteroatoms. The van der Waals surface area contributed by atoms with Crippen LogP contribution in [0.25, 0.3) is 0 Å². The lowest BCUT2D eigenvalue weighted by Gasteiger charge is -2.37. The maximum Gasteiger partial charge on any atom is 0.213 e. The molecule has 21 heavy (non-hydrogen) atoms. The third kappa shape index (κ3) is 4.65. The maximum absolute atomic E-state index is 11.9. The Labute approximate surface area is 129 Å². The Kier molecular flexibility index (Phi) is 6.05. The smallest absolute Gasteiger partial charge is 0.213 e. The molecule has 5 nitrogen and oxygen atoms in total. The topological polar surface area (TPSA) is 58.6 Å². The van der Waals surface area contributed by atoms with Gasteiger partial charge < -0.3 is 10.1 Å². The van der Waals surface area contributed by atoms with Crippen LogP contribution in [-0.4, -0.2) is 56.4 Å². The zero-order valence-corrected chi connectivity index (χ0v) is 14.4. The van der Waals surface area contributed by atoms with Crippen LogP contribution in [0.1, 0.15) is 46.5 Å². The Morgan fingerprint density at radius 2 is 1.86 bits per heavy atom. The molecule has 2 saturated heterocycles. The number of sulfonamides is 1. The van der Waals surface area contributed by atoms with E-state index in [0.717, 1.165) is 32.3 Å². The van der Waals surface area contributed by atoms with E-state index in [2.05, 4.69) is 19.2 Å². The van der Waals surface area contributed by atoms with Gasteiger partial charge in [0.2, 0.25) is 10.0 Å². The molecule has 2 unspecified atom stereocenters. The Hall–Kier alpha value is -0.170. The van der Waals surface area contributed by atoms with Crippen molar-refractivity contribution >= 4 is 10.0 Å². The van der Waals surface area contributed by atoms with Gasteiger partial charge in [-0.25, -0.2) is 12.7 Å². The molecule has 0 radical (unpaired) electrons. The van der Waals surface area contributed by atoms with Crippen LogP contribution in [-0.2, 0) is 14.8 Å². The largest absolute Gasteiger partial charge is 0.378 e. The number of rotatable bonds is 5. The SMILES string of the molecule is CCS(=O)(=O)N1CCC(NC2CCOC(C(C)C)C2)CC1. The van der Waals surface area contributed by atoms with Crippen LogP contribution in [0.3, 0.4) is 0 Å². The van der Waals surface area contributed by atoms with Gasteiger partial charge in [0.05, 0.1) is 11.9 Å². The predicted octanol–water partition coefficient (Wildman–Crippen LogP) is 1.59. The first-order valence-electron chi connectivity index (χ1n) is 8.28. The fourth-order valence-electron chi connectivity index (χ4n) is 3.26. The number of nitrogens with one attached hydrogen (secondary N) is 1. The Morgan fingerprint density at radius 1 is 1.19 bits per heavy atom. The highest BCUT2D eigenvalue weighted by atomic mass is 32.2.